The Hall–Kier alpha value is -3.68. The Labute approximate surface area is 222 Å². The Morgan fingerprint density at radius 1 is 1.08 bits per heavy atom. The average Bonchev–Trinajstić information content (AvgIpc) is 3.49. The molecule has 0 saturated heterocycles. The molecule has 2 amide bonds. The summed E-state index contributed by atoms with van der Waals surface area (Å²) in [5, 5.41) is 6.31. The summed E-state index contributed by atoms with van der Waals surface area (Å²) < 4.78 is 25.5. The average molecular weight is 560 g/mol. The molecule has 0 radical (unpaired) electrons. The van der Waals surface area contributed by atoms with Gasteiger partial charge in [0.05, 0.1) is 34.4 Å². The molecule has 0 unspecified atom stereocenters. The van der Waals surface area contributed by atoms with Gasteiger partial charge in [-0.25, -0.2) is 32.3 Å². The Kier molecular flexibility index (Phi) is 7.66. The molecule has 0 aromatic carbocycles. The number of halogens is 1. The van der Waals surface area contributed by atoms with Crippen LogP contribution in [0.5, 0.6) is 0 Å². The Morgan fingerprint density at radius 2 is 1.78 bits per heavy atom. The predicted molar refractivity (Wildman–Crippen MR) is 141 cm³/mol. The second kappa shape index (κ2) is 10.7. The Morgan fingerprint density at radius 3 is 2.49 bits per heavy atom. The first-order valence-electron chi connectivity index (χ1n) is 11.0. The minimum absolute atomic E-state index is 0.0170. The fourth-order valence-electron chi connectivity index (χ4n) is 3.16. The van der Waals surface area contributed by atoms with Crippen LogP contribution >= 0.6 is 22.9 Å². The van der Waals surface area contributed by atoms with E-state index >= 15 is 0 Å². The van der Waals surface area contributed by atoms with Gasteiger partial charge in [0.15, 0.2) is 5.13 Å². The SMILES string of the molecule is Cc1nccc(-c2cccc(-c3csc(NC(=O)CNC(=O)c4cc(Cl)n(S(=O)(=O)C(C)C)c4)n3)n2)n1. The number of rotatable bonds is 8. The predicted octanol–water partition coefficient (Wildman–Crippen LogP) is 3.38. The van der Waals surface area contributed by atoms with Crippen molar-refractivity contribution in [1.82, 2.24) is 29.2 Å². The zero-order valence-corrected chi connectivity index (χ0v) is 22.4. The van der Waals surface area contributed by atoms with Gasteiger partial charge in [0.2, 0.25) is 15.9 Å². The highest BCUT2D eigenvalue weighted by Crippen LogP contribution is 2.25. The molecule has 4 aromatic rings. The highest BCUT2D eigenvalue weighted by molar-refractivity contribution is 7.90. The van der Waals surface area contributed by atoms with E-state index in [0.717, 1.165) is 10.2 Å². The van der Waals surface area contributed by atoms with Crippen molar-refractivity contribution < 1.29 is 18.0 Å². The number of aromatic nitrogens is 5. The van der Waals surface area contributed by atoms with Crippen LogP contribution < -0.4 is 10.6 Å². The van der Waals surface area contributed by atoms with E-state index in [-0.39, 0.29) is 17.3 Å². The van der Waals surface area contributed by atoms with Crippen molar-refractivity contribution in [2.75, 3.05) is 11.9 Å². The van der Waals surface area contributed by atoms with Crippen molar-refractivity contribution in [2.24, 2.45) is 0 Å². The van der Waals surface area contributed by atoms with Crippen molar-refractivity contribution in [1.29, 1.82) is 0 Å². The molecule has 2 N–H and O–H groups in total. The lowest BCUT2D eigenvalue weighted by atomic mass is 10.2. The first-order valence-corrected chi connectivity index (χ1v) is 13.7. The van der Waals surface area contributed by atoms with Gasteiger partial charge >= 0.3 is 0 Å². The quantitative estimate of drug-likeness (QED) is 0.333. The molecule has 11 nitrogen and oxygen atoms in total. The van der Waals surface area contributed by atoms with Crippen LogP contribution in [-0.4, -0.2) is 55.9 Å². The fraction of sp³-hybridized carbons (Fsp3) is 0.217. The maximum absolute atomic E-state index is 12.4. The second-order valence-electron chi connectivity index (χ2n) is 8.11. The van der Waals surface area contributed by atoms with Gasteiger partial charge in [-0.2, -0.15) is 0 Å². The van der Waals surface area contributed by atoms with Gasteiger partial charge in [-0.1, -0.05) is 17.7 Å². The number of thiazole rings is 1. The molecule has 0 atom stereocenters. The summed E-state index contributed by atoms with van der Waals surface area (Å²) in [4.78, 5) is 42.3. The fourth-order valence-corrected chi connectivity index (χ4v) is 5.34. The van der Waals surface area contributed by atoms with Crippen LogP contribution in [0.15, 0.2) is 48.1 Å². The maximum atomic E-state index is 12.4. The molecule has 4 aromatic heterocycles. The third kappa shape index (κ3) is 6.01. The molecule has 192 valence electrons. The lowest BCUT2D eigenvalue weighted by molar-refractivity contribution is -0.115. The van der Waals surface area contributed by atoms with Crippen LogP contribution in [0.25, 0.3) is 22.8 Å². The molecule has 0 fully saturated rings. The molecule has 4 heterocycles. The van der Waals surface area contributed by atoms with Crippen LogP contribution in [0.3, 0.4) is 0 Å². The molecule has 0 saturated carbocycles. The number of amides is 2. The second-order valence-corrected chi connectivity index (χ2v) is 11.7. The number of pyridine rings is 1. The molecule has 0 aliphatic carbocycles. The van der Waals surface area contributed by atoms with E-state index in [9.17, 15) is 18.0 Å². The van der Waals surface area contributed by atoms with Crippen molar-refractivity contribution in [3.8, 4) is 22.8 Å². The molecule has 4 rings (SSSR count). The van der Waals surface area contributed by atoms with E-state index in [1.165, 1.54) is 31.3 Å². The van der Waals surface area contributed by atoms with Gasteiger partial charge in [0.25, 0.3) is 5.91 Å². The zero-order valence-electron chi connectivity index (χ0n) is 20.0. The van der Waals surface area contributed by atoms with E-state index in [0.29, 0.717) is 33.7 Å². The van der Waals surface area contributed by atoms with E-state index in [1.54, 1.807) is 30.6 Å². The maximum Gasteiger partial charge on any atom is 0.253 e. The molecule has 0 aliphatic rings. The normalized spacial score (nSPS) is 11.5. The molecule has 0 spiro atoms. The van der Waals surface area contributed by atoms with E-state index in [1.807, 2.05) is 12.1 Å². The first-order chi connectivity index (χ1) is 17.5. The van der Waals surface area contributed by atoms with Crippen LogP contribution in [-0.2, 0) is 14.8 Å². The zero-order chi connectivity index (χ0) is 26.7. The minimum Gasteiger partial charge on any atom is -0.343 e. The Balaban J connectivity index is 1.38. The summed E-state index contributed by atoms with van der Waals surface area (Å²) in [5.74, 6) is -0.514. The molecular weight excluding hydrogens is 538 g/mol. The van der Waals surface area contributed by atoms with Gasteiger partial charge in [-0.15, -0.1) is 11.3 Å². The van der Waals surface area contributed by atoms with Crippen molar-refractivity contribution in [3.05, 3.63) is 64.6 Å². The van der Waals surface area contributed by atoms with Crippen molar-refractivity contribution in [3.63, 3.8) is 0 Å². The Bertz CT molecular complexity index is 1580. The number of nitrogens with zero attached hydrogens (tertiary/aromatic N) is 5. The molecule has 14 heteroatoms. The summed E-state index contributed by atoms with van der Waals surface area (Å²) in [6, 6.07) is 8.48. The van der Waals surface area contributed by atoms with Gasteiger partial charge in [0.1, 0.15) is 16.7 Å². The van der Waals surface area contributed by atoms with E-state index in [4.69, 9.17) is 11.6 Å². The lowest BCUT2D eigenvalue weighted by Crippen LogP contribution is -2.32. The van der Waals surface area contributed by atoms with Gasteiger partial charge in [0, 0.05) is 17.8 Å². The smallest absolute Gasteiger partial charge is 0.253 e. The van der Waals surface area contributed by atoms with E-state index in [2.05, 4.69) is 30.6 Å². The molecule has 0 aliphatic heterocycles. The third-order valence-corrected chi connectivity index (χ3v) is 8.27. The molecule has 0 bridgehead atoms. The summed E-state index contributed by atoms with van der Waals surface area (Å²) in [6.07, 6.45) is 2.79. The van der Waals surface area contributed by atoms with Crippen molar-refractivity contribution in [2.45, 2.75) is 26.0 Å². The summed E-state index contributed by atoms with van der Waals surface area (Å²) in [6.45, 7) is 4.46. The topological polar surface area (TPSA) is 149 Å². The number of nitrogens with one attached hydrogen (secondary N) is 2. The number of aryl methyl sites for hydroxylation is 1. The highest BCUT2D eigenvalue weighted by atomic mass is 35.5. The largest absolute Gasteiger partial charge is 0.343 e. The number of anilines is 1. The van der Waals surface area contributed by atoms with Crippen LogP contribution in [0.1, 0.15) is 30.0 Å². The van der Waals surface area contributed by atoms with Crippen molar-refractivity contribution >= 4 is 49.9 Å². The minimum atomic E-state index is -3.73. The summed E-state index contributed by atoms with van der Waals surface area (Å²) in [7, 11) is -3.73. The third-order valence-electron chi connectivity index (χ3n) is 5.08. The number of hydrogen-bond acceptors (Lipinski definition) is 9. The van der Waals surface area contributed by atoms with Gasteiger partial charge in [-0.3, -0.25) is 9.59 Å². The molecule has 37 heavy (non-hydrogen) atoms. The summed E-state index contributed by atoms with van der Waals surface area (Å²) >= 11 is 7.21. The first kappa shape index (κ1) is 26.4. The highest BCUT2D eigenvalue weighted by Gasteiger charge is 2.23. The van der Waals surface area contributed by atoms with Crippen LogP contribution in [0.4, 0.5) is 5.13 Å². The van der Waals surface area contributed by atoms with Crippen LogP contribution in [0, 0.1) is 6.92 Å². The number of hydrogen-bond donors (Lipinski definition) is 2. The number of carbonyl (C=O) groups is 2. The number of carbonyl (C=O) groups excluding carboxylic acids is 2. The van der Waals surface area contributed by atoms with Gasteiger partial charge < -0.3 is 10.6 Å². The summed E-state index contributed by atoms with van der Waals surface area (Å²) in [5.41, 5.74) is 2.55. The molecular formula is C23H22ClN7O4S2. The van der Waals surface area contributed by atoms with E-state index < -0.39 is 27.1 Å². The standard InChI is InChI=1S/C23H22ClN7O4S2/c1-13(2)37(34,35)31-11-15(9-20(31)24)22(33)26-10-21(32)30-23-29-19(12-36-23)17-6-4-5-16(28-17)18-7-8-25-14(3)27-18/h4-9,11-13H,10H2,1-3H3,(H,26,33)(H,29,30,32). The van der Waals surface area contributed by atoms with Gasteiger partial charge in [-0.05, 0) is 45.0 Å². The van der Waals surface area contributed by atoms with Crippen LogP contribution in [0.2, 0.25) is 5.15 Å². The lowest BCUT2D eigenvalue weighted by Gasteiger charge is -2.09. The monoisotopic (exact) mass is 559 g/mol.